The van der Waals surface area contributed by atoms with Gasteiger partial charge in [0.1, 0.15) is 0 Å². The molecule has 1 aromatic carbocycles. The molecule has 0 radical (unpaired) electrons. The third-order valence-electron chi connectivity index (χ3n) is 2.50. The molecular formula is C12H19Cl2N. The molecule has 86 valence electrons. The molecule has 0 aliphatic heterocycles. The Balaban J connectivity index is 0.00000196. The van der Waals surface area contributed by atoms with Gasteiger partial charge < -0.3 is 5.73 Å². The number of aryl methyl sites for hydroxylation is 1. The number of hydrogen-bond acceptors (Lipinski definition) is 1. The first-order chi connectivity index (χ1) is 6.65. The Kier molecular flexibility index (Phi) is 6.99. The zero-order chi connectivity index (χ0) is 10.6. The standard InChI is InChI=1S/C12H18ClN.ClH/c1-3-4-5-12(14)11-7-6-10(13)8-9(11)2;/h6-8,12H,3-5,14H2,1-2H3;1H/t12-;/m0./s1. The summed E-state index contributed by atoms with van der Waals surface area (Å²) in [6.45, 7) is 4.24. The Morgan fingerprint density at radius 2 is 2.07 bits per heavy atom. The van der Waals surface area contributed by atoms with E-state index in [1.54, 1.807) is 0 Å². The van der Waals surface area contributed by atoms with Crippen molar-refractivity contribution in [1.29, 1.82) is 0 Å². The number of nitrogens with two attached hydrogens (primary N) is 1. The average Bonchev–Trinajstić information content (AvgIpc) is 2.14. The van der Waals surface area contributed by atoms with Crippen LogP contribution in [0.4, 0.5) is 0 Å². The van der Waals surface area contributed by atoms with Gasteiger partial charge in [-0.3, -0.25) is 0 Å². The summed E-state index contributed by atoms with van der Waals surface area (Å²) in [6.07, 6.45) is 3.43. The summed E-state index contributed by atoms with van der Waals surface area (Å²) in [5.74, 6) is 0. The fourth-order valence-corrected chi connectivity index (χ4v) is 1.86. The Bertz CT molecular complexity index is 300. The molecule has 0 saturated heterocycles. The van der Waals surface area contributed by atoms with E-state index in [1.165, 1.54) is 24.0 Å². The number of benzene rings is 1. The molecule has 0 aliphatic rings. The third-order valence-corrected chi connectivity index (χ3v) is 2.74. The van der Waals surface area contributed by atoms with Crippen molar-refractivity contribution < 1.29 is 0 Å². The van der Waals surface area contributed by atoms with E-state index in [0.717, 1.165) is 11.4 Å². The van der Waals surface area contributed by atoms with E-state index in [9.17, 15) is 0 Å². The Morgan fingerprint density at radius 3 is 2.60 bits per heavy atom. The highest BCUT2D eigenvalue weighted by atomic mass is 35.5. The first kappa shape index (κ1) is 14.8. The van der Waals surface area contributed by atoms with Crippen LogP contribution in [0, 0.1) is 6.92 Å². The SMILES string of the molecule is CCCC[C@H](N)c1ccc(Cl)cc1C.Cl. The molecule has 0 heterocycles. The molecule has 0 amide bonds. The van der Waals surface area contributed by atoms with Crippen LogP contribution in [0.2, 0.25) is 5.02 Å². The van der Waals surface area contributed by atoms with Gasteiger partial charge in [-0.05, 0) is 36.6 Å². The van der Waals surface area contributed by atoms with Crippen molar-refractivity contribution in [3.8, 4) is 0 Å². The van der Waals surface area contributed by atoms with E-state index in [0.29, 0.717) is 0 Å². The van der Waals surface area contributed by atoms with Gasteiger partial charge in [0.25, 0.3) is 0 Å². The molecule has 0 aliphatic carbocycles. The highest BCUT2D eigenvalue weighted by Crippen LogP contribution is 2.23. The first-order valence-corrected chi connectivity index (χ1v) is 5.54. The molecule has 1 nitrogen and oxygen atoms in total. The van der Waals surface area contributed by atoms with E-state index in [2.05, 4.69) is 13.8 Å². The monoisotopic (exact) mass is 247 g/mol. The number of rotatable bonds is 4. The summed E-state index contributed by atoms with van der Waals surface area (Å²) in [6, 6.07) is 6.09. The minimum absolute atomic E-state index is 0. The zero-order valence-electron chi connectivity index (χ0n) is 9.29. The number of hydrogen-bond donors (Lipinski definition) is 1. The van der Waals surface area contributed by atoms with Crippen LogP contribution >= 0.6 is 24.0 Å². The molecule has 0 saturated carbocycles. The fourth-order valence-electron chi connectivity index (χ4n) is 1.63. The third kappa shape index (κ3) is 4.42. The normalized spacial score (nSPS) is 12.0. The van der Waals surface area contributed by atoms with Crippen LogP contribution in [0.25, 0.3) is 0 Å². The highest BCUT2D eigenvalue weighted by molar-refractivity contribution is 6.30. The average molecular weight is 248 g/mol. The summed E-state index contributed by atoms with van der Waals surface area (Å²) in [5, 5.41) is 0.786. The molecule has 0 spiro atoms. The number of halogens is 2. The van der Waals surface area contributed by atoms with Gasteiger partial charge in [0.15, 0.2) is 0 Å². The maximum Gasteiger partial charge on any atom is 0.0408 e. The lowest BCUT2D eigenvalue weighted by Crippen LogP contribution is -2.11. The molecule has 15 heavy (non-hydrogen) atoms. The second kappa shape index (κ2) is 7.10. The predicted octanol–water partition coefficient (Wildman–Crippen LogP) is 4.26. The second-order valence-electron chi connectivity index (χ2n) is 3.75. The van der Waals surface area contributed by atoms with Crippen LogP contribution in [-0.4, -0.2) is 0 Å². The van der Waals surface area contributed by atoms with Crippen molar-refractivity contribution in [2.45, 2.75) is 39.2 Å². The fraction of sp³-hybridized carbons (Fsp3) is 0.500. The summed E-state index contributed by atoms with van der Waals surface area (Å²) >= 11 is 5.89. The van der Waals surface area contributed by atoms with Gasteiger partial charge in [0.2, 0.25) is 0 Å². The van der Waals surface area contributed by atoms with E-state index < -0.39 is 0 Å². The molecule has 0 bridgehead atoms. The molecule has 1 rings (SSSR count). The topological polar surface area (TPSA) is 26.0 Å². The lowest BCUT2D eigenvalue weighted by atomic mass is 9.98. The van der Waals surface area contributed by atoms with Crippen LogP contribution in [-0.2, 0) is 0 Å². The van der Waals surface area contributed by atoms with Gasteiger partial charge in [0, 0.05) is 11.1 Å². The molecule has 0 fully saturated rings. The van der Waals surface area contributed by atoms with Crippen LogP contribution < -0.4 is 5.73 Å². The molecule has 3 heteroatoms. The molecule has 1 aromatic rings. The predicted molar refractivity (Wildman–Crippen MR) is 69.9 cm³/mol. The van der Waals surface area contributed by atoms with Crippen molar-refractivity contribution in [3.05, 3.63) is 34.3 Å². The van der Waals surface area contributed by atoms with Crippen LogP contribution in [0.5, 0.6) is 0 Å². The van der Waals surface area contributed by atoms with Gasteiger partial charge in [-0.15, -0.1) is 12.4 Å². The van der Waals surface area contributed by atoms with Gasteiger partial charge in [0.05, 0.1) is 0 Å². The van der Waals surface area contributed by atoms with Crippen LogP contribution in [0.1, 0.15) is 43.4 Å². The molecule has 0 unspecified atom stereocenters. The van der Waals surface area contributed by atoms with Gasteiger partial charge in [-0.1, -0.05) is 37.4 Å². The maximum atomic E-state index is 6.09. The smallest absolute Gasteiger partial charge is 0.0408 e. The van der Waals surface area contributed by atoms with Crippen molar-refractivity contribution in [2.75, 3.05) is 0 Å². The van der Waals surface area contributed by atoms with Crippen molar-refractivity contribution in [2.24, 2.45) is 5.73 Å². The van der Waals surface area contributed by atoms with Crippen molar-refractivity contribution in [3.63, 3.8) is 0 Å². The minimum Gasteiger partial charge on any atom is -0.324 e. The van der Waals surface area contributed by atoms with Gasteiger partial charge >= 0.3 is 0 Å². The minimum atomic E-state index is 0. The van der Waals surface area contributed by atoms with Crippen LogP contribution in [0.15, 0.2) is 18.2 Å². The van der Waals surface area contributed by atoms with E-state index in [4.69, 9.17) is 17.3 Å². The lowest BCUT2D eigenvalue weighted by molar-refractivity contribution is 0.601. The number of unbranched alkanes of at least 4 members (excludes halogenated alkanes) is 1. The molecule has 1 atom stereocenters. The van der Waals surface area contributed by atoms with Crippen molar-refractivity contribution >= 4 is 24.0 Å². The molecule has 0 aromatic heterocycles. The first-order valence-electron chi connectivity index (χ1n) is 5.16. The van der Waals surface area contributed by atoms with E-state index >= 15 is 0 Å². The summed E-state index contributed by atoms with van der Waals surface area (Å²) in [4.78, 5) is 0. The molecule has 2 N–H and O–H groups in total. The molecular weight excluding hydrogens is 229 g/mol. The summed E-state index contributed by atoms with van der Waals surface area (Å²) in [5.41, 5.74) is 8.51. The zero-order valence-corrected chi connectivity index (χ0v) is 10.9. The Morgan fingerprint density at radius 1 is 1.40 bits per heavy atom. The Labute approximate surface area is 103 Å². The van der Waals surface area contributed by atoms with E-state index in [1.807, 2.05) is 18.2 Å². The largest absolute Gasteiger partial charge is 0.324 e. The maximum absolute atomic E-state index is 6.09. The van der Waals surface area contributed by atoms with Crippen molar-refractivity contribution in [1.82, 2.24) is 0 Å². The van der Waals surface area contributed by atoms with Crippen LogP contribution in [0.3, 0.4) is 0 Å². The lowest BCUT2D eigenvalue weighted by Gasteiger charge is -2.14. The van der Waals surface area contributed by atoms with E-state index in [-0.39, 0.29) is 18.4 Å². The highest BCUT2D eigenvalue weighted by Gasteiger charge is 2.08. The van der Waals surface area contributed by atoms with Gasteiger partial charge in [-0.25, -0.2) is 0 Å². The summed E-state index contributed by atoms with van der Waals surface area (Å²) in [7, 11) is 0. The quantitative estimate of drug-likeness (QED) is 0.846. The summed E-state index contributed by atoms with van der Waals surface area (Å²) < 4.78 is 0. The van der Waals surface area contributed by atoms with Gasteiger partial charge in [-0.2, -0.15) is 0 Å². The Hall–Kier alpha value is -0.240. The second-order valence-corrected chi connectivity index (χ2v) is 4.19.